The summed E-state index contributed by atoms with van der Waals surface area (Å²) in [5, 5.41) is 28.4. The van der Waals surface area contributed by atoms with Crippen molar-refractivity contribution in [2.45, 2.75) is 19.8 Å². The summed E-state index contributed by atoms with van der Waals surface area (Å²) in [5.41, 5.74) is 1.32. The number of carbonyl (C=O) groups excluding carboxylic acids is 1. The molecule has 0 aliphatic carbocycles. The molecule has 19 heteroatoms. The summed E-state index contributed by atoms with van der Waals surface area (Å²) in [6.07, 6.45) is 11.9. The molecule has 2 saturated heterocycles. The number of nitrogens with zero attached hydrogens (tertiary/aromatic N) is 10. The van der Waals surface area contributed by atoms with E-state index < -0.39 is 0 Å². The third-order valence-electron chi connectivity index (χ3n) is 6.68. The van der Waals surface area contributed by atoms with Crippen molar-refractivity contribution in [1.82, 2.24) is 44.8 Å². The van der Waals surface area contributed by atoms with Gasteiger partial charge in [-0.2, -0.15) is 15.5 Å². The minimum absolute atomic E-state index is 0. The molecular formula is C31H30ClF2K2N11O3. The van der Waals surface area contributed by atoms with Gasteiger partial charge in [0, 0.05) is 20.0 Å². The minimum atomic E-state index is -0.316. The van der Waals surface area contributed by atoms with E-state index in [1.165, 1.54) is 74.5 Å². The van der Waals surface area contributed by atoms with Crippen molar-refractivity contribution in [3.05, 3.63) is 90.4 Å². The van der Waals surface area contributed by atoms with Crippen LogP contribution in [-0.2, 0) is 9.68 Å². The minimum Gasteiger partial charge on any atom is -1.00 e. The first kappa shape index (κ1) is 43.8. The molecule has 6 aromatic rings. The molecule has 8 rings (SSSR count). The largest absolute Gasteiger partial charge is 1.00 e. The molecule has 2 aliphatic rings. The fourth-order valence-electron chi connectivity index (χ4n) is 4.15. The quantitative estimate of drug-likeness (QED) is 0.0895. The van der Waals surface area contributed by atoms with Crippen LogP contribution in [0.3, 0.4) is 0 Å². The number of hydrogen-bond donors (Lipinski definition) is 1. The van der Waals surface area contributed by atoms with Gasteiger partial charge in [0.1, 0.15) is 22.6 Å². The molecule has 50 heavy (non-hydrogen) atoms. The Labute approximate surface area is 377 Å². The number of nitriles is 1. The van der Waals surface area contributed by atoms with E-state index in [-0.39, 0.29) is 127 Å². The molecule has 0 atom stereocenters. The zero-order chi connectivity index (χ0) is 34.3. The molecule has 1 N–H and O–H groups in total. The van der Waals surface area contributed by atoms with Gasteiger partial charge in [0.2, 0.25) is 0 Å². The van der Waals surface area contributed by atoms with Crippen LogP contribution < -0.4 is 118 Å². The average molecular weight is 756 g/mol. The van der Waals surface area contributed by atoms with Gasteiger partial charge in [-0.15, -0.1) is 0 Å². The zero-order valence-electron chi connectivity index (χ0n) is 28.6. The van der Waals surface area contributed by atoms with Crippen LogP contribution in [-0.4, -0.2) is 72.1 Å². The van der Waals surface area contributed by atoms with E-state index in [0.717, 1.165) is 18.9 Å². The summed E-state index contributed by atoms with van der Waals surface area (Å²) in [5.74, 6) is 1.31. The molecule has 2 fully saturated rings. The maximum atomic E-state index is 13.7. The summed E-state index contributed by atoms with van der Waals surface area (Å²) >= 11 is 5.76. The molecule has 0 spiro atoms. The third-order valence-corrected chi connectivity index (χ3v) is 6.86. The maximum Gasteiger partial charge on any atom is 1.00 e. The number of hydrogen-bond acceptors (Lipinski definition) is 12. The van der Waals surface area contributed by atoms with Crippen LogP contribution in [0.5, 0.6) is 0 Å². The number of benzene rings is 2. The zero-order valence-corrected chi connectivity index (χ0v) is 34.6. The summed E-state index contributed by atoms with van der Waals surface area (Å²) in [7, 11) is 0. The predicted octanol–water partition coefficient (Wildman–Crippen LogP) is -2.16. The van der Waals surface area contributed by atoms with Crippen molar-refractivity contribution in [3.63, 3.8) is 0 Å². The van der Waals surface area contributed by atoms with Gasteiger partial charge in [0.25, 0.3) is 6.47 Å². The number of halogens is 3. The van der Waals surface area contributed by atoms with Crippen LogP contribution in [0.25, 0.3) is 33.4 Å². The molecule has 6 heterocycles. The first-order chi connectivity index (χ1) is 23.4. The van der Waals surface area contributed by atoms with E-state index in [0.29, 0.717) is 33.4 Å². The molecule has 0 amide bonds. The molecule has 0 saturated carbocycles. The van der Waals surface area contributed by atoms with E-state index in [1.54, 1.807) is 41.3 Å². The standard InChI is InChI=1S/C14H12FN5.C11H6ClFN4.C3H7N.C2H3N.CH2O3.2K.H/c15-11-3-1-4-12-10(11)7-17-20(12)14-9-16-8-13(18-14)19-5-2-6-19;12-10-5-14-6-11(16-10)17-9-3-1-2-8(13)7(9)4-15-17;1-2-4-3-1;1-2-3;2-1-4-3;;;/h1,3-4,7-9H,2,5-6H2;1-6H;4H,1-3H2;1H3;1,3H;;;/q;;;;;2*+1;-1/p-1. The molecule has 4 aromatic heterocycles. The van der Waals surface area contributed by atoms with Crippen molar-refractivity contribution in [2.24, 2.45) is 0 Å². The molecule has 0 bridgehead atoms. The number of anilines is 1. The Morgan fingerprint density at radius 3 is 1.70 bits per heavy atom. The van der Waals surface area contributed by atoms with Crippen LogP contribution in [0.2, 0.25) is 5.15 Å². The number of aromatic nitrogens is 8. The summed E-state index contributed by atoms with van der Waals surface area (Å²) < 4.78 is 30.3. The number of nitrogens with one attached hydrogen (secondary N) is 1. The Balaban J connectivity index is 0.000000380. The third kappa shape index (κ3) is 12.1. The van der Waals surface area contributed by atoms with Crippen molar-refractivity contribution < 1.29 is 128 Å². The summed E-state index contributed by atoms with van der Waals surface area (Å²) in [6, 6.07) is 11.4. The number of carbonyl (C=O) groups is 1. The van der Waals surface area contributed by atoms with Gasteiger partial charge in [-0.1, -0.05) is 23.7 Å². The first-order valence-corrected chi connectivity index (χ1v) is 14.8. The van der Waals surface area contributed by atoms with Crippen LogP contribution in [0.15, 0.2) is 73.6 Å². The molecule has 14 nitrogen and oxygen atoms in total. The van der Waals surface area contributed by atoms with Crippen LogP contribution >= 0.6 is 11.6 Å². The Morgan fingerprint density at radius 1 is 0.860 bits per heavy atom. The molecule has 0 radical (unpaired) electrons. The second-order valence-electron chi connectivity index (χ2n) is 9.75. The Morgan fingerprint density at radius 2 is 1.30 bits per heavy atom. The van der Waals surface area contributed by atoms with Gasteiger partial charge in [-0.25, -0.2) is 28.1 Å². The number of rotatable bonds is 4. The van der Waals surface area contributed by atoms with Gasteiger partial charge in [-0.05, 0) is 50.2 Å². The van der Waals surface area contributed by atoms with Crippen molar-refractivity contribution in [3.8, 4) is 17.7 Å². The predicted molar refractivity (Wildman–Crippen MR) is 172 cm³/mol. The SMILES string of the molecule is C1CNC1.CC#N.Fc1cccc2c1cnn2-c1cncc(Cl)n1.Fc1cccc2c1cnn2-c1cncc(N2CCC2)n1.O=CO[O-].[H-].[K+].[K+]. The van der Waals surface area contributed by atoms with E-state index in [2.05, 4.69) is 45.2 Å². The summed E-state index contributed by atoms with van der Waals surface area (Å²) in [6.45, 7) is 5.76. The van der Waals surface area contributed by atoms with E-state index in [1.807, 2.05) is 6.07 Å². The van der Waals surface area contributed by atoms with E-state index in [4.69, 9.17) is 26.9 Å². The first-order valence-electron chi connectivity index (χ1n) is 14.4. The van der Waals surface area contributed by atoms with Crippen molar-refractivity contribution in [1.29, 1.82) is 5.26 Å². The second kappa shape index (κ2) is 23.3. The van der Waals surface area contributed by atoms with Gasteiger partial charge in [0.15, 0.2) is 11.6 Å². The number of fused-ring (bicyclic) bond motifs is 2. The topological polar surface area (TPSA) is 176 Å². The fraction of sp³-hybridized carbons (Fsp3) is 0.226. The Bertz CT molecular complexity index is 1990. The van der Waals surface area contributed by atoms with Gasteiger partial charge in [-0.3, -0.25) is 14.8 Å². The normalized spacial score (nSPS) is 12.0. The van der Waals surface area contributed by atoms with E-state index >= 15 is 0 Å². The smallest absolute Gasteiger partial charge is 1.00 e. The molecule has 2 aromatic carbocycles. The maximum absolute atomic E-state index is 13.7. The molecule has 0 unspecified atom stereocenters. The van der Waals surface area contributed by atoms with Crippen molar-refractivity contribution >= 4 is 45.7 Å². The van der Waals surface area contributed by atoms with Crippen LogP contribution in [0.4, 0.5) is 14.6 Å². The second-order valence-corrected chi connectivity index (χ2v) is 10.1. The molecule has 2 aliphatic heterocycles. The Hall–Kier alpha value is -2.36. The monoisotopic (exact) mass is 755 g/mol. The average Bonchev–Trinajstić information content (AvgIpc) is 3.67. The van der Waals surface area contributed by atoms with Crippen LogP contribution in [0, 0.1) is 23.0 Å². The van der Waals surface area contributed by atoms with Crippen LogP contribution in [0.1, 0.15) is 21.2 Å². The van der Waals surface area contributed by atoms with Gasteiger partial charge in [0.05, 0.1) is 65.1 Å². The summed E-state index contributed by atoms with van der Waals surface area (Å²) in [4.78, 5) is 30.2. The molecule has 250 valence electrons. The fourth-order valence-corrected chi connectivity index (χ4v) is 4.30. The Kier molecular flexibility index (Phi) is 20.4. The van der Waals surface area contributed by atoms with E-state index in [9.17, 15) is 8.78 Å². The molecular weight excluding hydrogens is 726 g/mol. The van der Waals surface area contributed by atoms with Gasteiger partial charge >= 0.3 is 103 Å². The van der Waals surface area contributed by atoms with Gasteiger partial charge < -0.3 is 21.8 Å². The van der Waals surface area contributed by atoms with Crippen molar-refractivity contribution in [2.75, 3.05) is 31.1 Å².